The smallest absolute Gasteiger partial charge is 0.186 e. The van der Waals surface area contributed by atoms with Gasteiger partial charge in [0.05, 0.1) is 11.1 Å². The summed E-state index contributed by atoms with van der Waals surface area (Å²) in [7, 11) is 3.37. The van der Waals surface area contributed by atoms with Crippen molar-refractivity contribution < 1.29 is 14.3 Å². The van der Waals surface area contributed by atoms with Gasteiger partial charge in [-0.25, -0.2) is 4.98 Å². The van der Waals surface area contributed by atoms with Crippen molar-refractivity contribution in [3.63, 3.8) is 0 Å². The number of Topliss-reactive ketones (excluding diaryl/α,β-unsaturated/α-hetero) is 1. The number of rotatable bonds is 4. The largest absolute Gasteiger partial charge is 0.377 e. The van der Waals surface area contributed by atoms with Crippen LogP contribution in [0.5, 0.6) is 0 Å². The molecular weight excluding hydrogens is 240 g/mol. The summed E-state index contributed by atoms with van der Waals surface area (Å²) in [6.45, 7) is 3.05. The molecule has 1 aromatic rings. The van der Waals surface area contributed by atoms with Gasteiger partial charge in [-0.3, -0.25) is 4.79 Å². The Morgan fingerprint density at radius 1 is 1.41 bits per heavy atom. The zero-order valence-corrected chi connectivity index (χ0v) is 11.0. The first-order valence-corrected chi connectivity index (χ1v) is 6.24. The van der Waals surface area contributed by atoms with Gasteiger partial charge in [0.1, 0.15) is 12.2 Å². The maximum atomic E-state index is 11.2. The van der Waals surface area contributed by atoms with Gasteiger partial charge in [0, 0.05) is 34.2 Å². The monoisotopic (exact) mass is 256 g/mol. The second-order valence-corrected chi connectivity index (χ2v) is 5.03. The predicted octanol–water partition coefficient (Wildman–Crippen LogP) is 1.20. The van der Waals surface area contributed by atoms with Gasteiger partial charge in [0.25, 0.3) is 0 Å². The van der Waals surface area contributed by atoms with Gasteiger partial charge in [0.2, 0.25) is 0 Å². The normalized spacial score (nSPS) is 24.3. The van der Waals surface area contributed by atoms with Crippen LogP contribution in [0.4, 0.5) is 5.13 Å². The molecule has 0 aromatic carbocycles. The van der Waals surface area contributed by atoms with Crippen LogP contribution in [0.3, 0.4) is 0 Å². The molecule has 2 heterocycles. The van der Waals surface area contributed by atoms with Crippen LogP contribution in [0, 0.1) is 0 Å². The second kappa shape index (κ2) is 5.12. The molecule has 2 atom stereocenters. The average Bonchev–Trinajstić information content (AvgIpc) is 2.94. The van der Waals surface area contributed by atoms with E-state index in [0.29, 0.717) is 4.88 Å². The van der Waals surface area contributed by atoms with Gasteiger partial charge in [-0.05, 0) is 0 Å². The van der Waals surface area contributed by atoms with Crippen LogP contribution >= 0.6 is 11.3 Å². The maximum Gasteiger partial charge on any atom is 0.186 e. The van der Waals surface area contributed by atoms with Crippen molar-refractivity contribution in [3.8, 4) is 0 Å². The Bertz CT molecular complexity index is 395. The molecule has 2 rings (SSSR count). The molecule has 0 aliphatic carbocycles. The lowest BCUT2D eigenvalue weighted by molar-refractivity contribution is -0.00461. The number of hydrogen-bond donors (Lipinski definition) is 0. The third-order valence-electron chi connectivity index (χ3n) is 2.93. The van der Waals surface area contributed by atoms with Crippen LogP contribution in [0.2, 0.25) is 0 Å². The minimum absolute atomic E-state index is 0.0551. The highest BCUT2D eigenvalue weighted by molar-refractivity contribution is 7.17. The van der Waals surface area contributed by atoms with Crippen molar-refractivity contribution in [3.05, 3.63) is 11.1 Å². The molecule has 5 nitrogen and oxygen atoms in total. The third-order valence-corrected chi connectivity index (χ3v) is 4.09. The third kappa shape index (κ3) is 2.48. The summed E-state index contributed by atoms with van der Waals surface area (Å²) in [5, 5.41) is 0.858. The minimum atomic E-state index is 0.0551. The number of methoxy groups -OCH3 is 2. The molecule has 1 aliphatic rings. The molecule has 0 amide bonds. The topological polar surface area (TPSA) is 51.7 Å². The number of carbonyl (C=O) groups excluding carboxylic acids is 1. The number of carbonyl (C=O) groups is 1. The van der Waals surface area contributed by atoms with E-state index in [1.165, 1.54) is 11.3 Å². The first-order chi connectivity index (χ1) is 8.15. The Morgan fingerprint density at radius 2 is 2.00 bits per heavy atom. The molecule has 17 heavy (non-hydrogen) atoms. The van der Waals surface area contributed by atoms with E-state index in [0.717, 1.165) is 18.2 Å². The van der Waals surface area contributed by atoms with Gasteiger partial charge in [0.15, 0.2) is 10.9 Å². The lowest BCUT2D eigenvalue weighted by Crippen LogP contribution is -2.27. The molecule has 2 unspecified atom stereocenters. The molecule has 0 bridgehead atoms. The highest BCUT2D eigenvalue weighted by atomic mass is 32.1. The minimum Gasteiger partial charge on any atom is -0.377 e. The van der Waals surface area contributed by atoms with E-state index in [1.54, 1.807) is 27.3 Å². The fourth-order valence-corrected chi connectivity index (χ4v) is 2.76. The Balaban J connectivity index is 2.10. The molecule has 6 heteroatoms. The van der Waals surface area contributed by atoms with E-state index in [-0.39, 0.29) is 18.0 Å². The number of thiazole rings is 1. The van der Waals surface area contributed by atoms with E-state index in [2.05, 4.69) is 9.88 Å². The summed E-state index contributed by atoms with van der Waals surface area (Å²) in [6, 6.07) is 0. The lowest BCUT2D eigenvalue weighted by atomic mass is 10.3. The molecule has 1 aromatic heterocycles. The predicted molar refractivity (Wildman–Crippen MR) is 65.9 cm³/mol. The van der Waals surface area contributed by atoms with Crippen LogP contribution in [-0.2, 0) is 9.47 Å². The molecule has 1 saturated heterocycles. The van der Waals surface area contributed by atoms with Gasteiger partial charge in [-0.2, -0.15) is 0 Å². The zero-order chi connectivity index (χ0) is 12.4. The zero-order valence-electron chi connectivity index (χ0n) is 10.2. The summed E-state index contributed by atoms with van der Waals surface area (Å²) < 4.78 is 10.7. The van der Waals surface area contributed by atoms with Crippen LogP contribution in [0.1, 0.15) is 16.6 Å². The summed E-state index contributed by atoms with van der Waals surface area (Å²) >= 11 is 1.42. The second-order valence-electron chi connectivity index (χ2n) is 4.02. The van der Waals surface area contributed by atoms with Crippen molar-refractivity contribution in [1.29, 1.82) is 0 Å². The van der Waals surface area contributed by atoms with Crippen LogP contribution in [0.15, 0.2) is 6.20 Å². The van der Waals surface area contributed by atoms with Crippen molar-refractivity contribution in [2.45, 2.75) is 19.1 Å². The van der Waals surface area contributed by atoms with Gasteiger partial charge >= 0.3 is 0 Å². The lowest BCUT2D eigenvalue weighted by Gasteiger charge is -2.13. The van der Waals surface area contributed by atoms with Crippen molar-refractivity contribution >= 4 is 22.3 Å². The van der Waals surface area contributed by atoms with E-state index in [9.17, 15) is 4.79 Å². The van der Waals surface area contributed by atoms with Crippen molar-refractivity contribution in [2.24, 2.45) is 0 Å². The van der Waals surface area contributed by atoms with E-state index < -0.39 is 0 Å². The first-order valence-electron chi connectivity index (χ1n) is 5.43. The number of aromatic nitrogens is 1. The first kappa shape index (κ1) is 12.5. The number of hydrogen-bond acceptors (Lipinski definition) is 6. The van der Waals surface area contributed by atoms with Crippen LogP contribution in [0.25, 0.3) is 0 Å². The summed E-state index contributed by atoms with van der Waals surface area (Å²) in [6.07, 6.45) is 1.75. The highest BCUT2D eigenvalue weighted by Crippen LogP contribution is 2.27. The van der Waals surface area contributed by atoms with Crippen LogP contribution in [-0.4, -0.2) is 50.3 Å². The summed E-state index contributed by atoms with van der Waals surface area (Å²) in [4.78, 5) is 18.3. The maximum absolute atomic E-state index is 11.2. The molecular formula is C11H16N2O3S. The van der Waals surface area contributed by atoms with Gasteiger partial charge in [-0.1, -0.05) is 11.3 Å². The fourth-order valence-electron chi connectivity index (χ4n) is 1.93. The number of nitrogens with zero attached hydrogens (tertiary/aromatic N) is 2. The van der Waals surface area contributed by atoms with E-state index >= 15 is 0 Å². The summed E-state index contributed by atoms with van der Waals surface area (Å²) in [5.74, 6) is 0.0551. The molecule has 1 aliphatic heterocycles. The molecule has 0 N–H and O–H groups in total. The average molecular weight is 256 g/mol. The molecule has 0 saturated carbocycles. The summed E-state index contributed by atoms with van der Waals surface area (Å²) in [5.41, 5.74) is 0. The number of ether oxygens (including phenoxy) is 2. The number of anilines is 1. The quantitative estimate of drug-likeness (QED) is 0.758. The molecule has 94 valence electrons. The van der Waals surface area contributed by atoms with E-state index in [4.69, 9.17) is 9.47 Å². The van der Waals surface area contributed by atoms with E-state index in [1.807, 2.05) is 0 Å². The Kier molecular flexibility index (Phi) is 3.76. The van der Waals surface area contributed by atoms with Crippen LogP contribution < -0.4 is 4.90 Å². The number of ketones is 1. The standard InChI is InChI=1S/C11H16N2O3S/c1-7(14)10-4-12-11(17-10)13-5-8(15-2)9(6-13)16-3/h4,8-9H,5-6H2,1-3H3. The van der Waals surface area contributed by atoms with Crippen molar-refractivity contribution in [1.82, 2.24) is 4.98 Å². The Labute approximate surface area is 104 Å². The molecule has 0 radical (unpaired) electrons. The highest BCUT2D eigenvalue weighted by Gasteiger charge is 2.34. The SMILES string of the molecule is COC1CN(c2ncc(C(C)=O)s2)CC1OC. The van der Waals surface area contributed by atoms with Gasteiger partial charge < -0.3 is 14.4 Å². The Hall–Kier alpha value is -0.980. The molecule has 1 fully saturated rings. The fraction of sp³-hybridized carbons (Fsp3) is 0.636. The molecule has 0 spiro atoms. The van der Waals surface area contributed by atoms with Crippen molar-refractivity contribution in [2.75, 3.05) is 32.2 Å². The van der Waals surface area contributed by atoms with Gasteiger partial charge in [-0.15, -0.1) is 0 Å². The Morgan fingerprint density at radius 3 is 2.41 bits per heavy atom.